The summed E-state index contributed by atoms with van der Waals surface area (Å²) in [7, 11) is 1.62. The normalized spacial score (nSPS) is 21.2. The van der Waals surface area contributed by atoms with Gasteiger partial charge in [-0.25, -0.2) is 0 Å². The molecule has 1 aromatic carbocycles. The van der Waals surface area contributed by atoms with Crippen LogP contribution in [-0.4, -0.2) is 68.1 Å². The molecule has 7 nitrogen and oxygen atoms in total. The van der Waals surface area contributed by atoms with Gasteiger partial charge in [0.15, 0.2) is 6.23 Å². The Morgan fingerprint density at radius 2 is 2.31 bits per heavy atom. The van der Waals surface area contributed by atoms with E-state index in [2.05, 4.69) is 5.32 Å². The van der Waals surface area contributed by atoms with E-state index in [0.717, 1.165) is 24.9 Å². The third-order valence-corrected chi connectivity index (χ3v) is 4.59. The SMILES string of the molecule is COC(c1cccc(OCCCO)c1)N(C(=O)[C@H]1CNCCO1)C1CC1. The molecule has 2 fully saturated rings. The van der Waals surface area contributed by atoms with Gasteiger partial charge in [0.1, 0.15) is 11.9 Å². The van der Waals surface area contributed by atoms with Gasteiger partial charge in [-0.3, -0.25) is 4.79 Å². The maximum atomic E-state index is 13.1. The molecule has 0 bridgehead atoms. The van der Waals surface area contributed by atoms with E-state index in [0.29, 0.717) is 31.9 Å². The maximum Gasteiger partial charge on any atom is 0.255 e. The summed E-state index contributed by atoms with van der Waals surface area (Å²) in [6, 6.07) is 7.79. The molecule has 1 aliphatic heterocycles. The molecule has 26 heavy (non-hydrogen) atoms. The fraction of sp³-hybridized carbons (Fsp3) is 0.632. The molecule has 1 saturated carbocycles. The number of nitrogens with zero attached hydrogens (tertiary/aromatic N) is 1. The number of aliphatic hydroxyl groups excluding tert-OH is 1. The standard InChI is InChI=1S/C19H28N2O5/c1-24-19(14-4-2-5-16(12-14)25-10-3-9-22)21(15-6-7-15)18(23)17-13-20-8-11-26-17/h2,4-5,12,15,17,19-20,22H,3,6-11,13H2,1H3/t17-,19?/m1/s1. The third kappa shape index (κ3) is 4.73. The van der Waals surface area contributed by atoms with Crippen LogP contribution in [0.1, 0.15) is 31.1 Å². The molecule has 1 aromatic rings. The van der Waals surface area contributed by atoms with Crippen molar-refractivity contribution in [3.63, 3.8) is 0 Å². The number of hydrogen-bond donors (Lipinski definition) is 2. The van der Waals surface area contributed by atoms with Gasteiger partial charge in [-0.15, -0.1) is 0 Å². The van der Waals surface area contributed by atoms with Crippen molar-refractivity contribution in [2.75, 3.05) is 40.0 Å². The molecule has 1 amide bonds. The van der Waals surface area contributed by atoms with Crippen molar-refractivity contribution in [1.82, 2.24) is 10.2 Å². The predicted octanol–water partition coefficient (Wildman–Crippen LogP) is 1.07. The molecular weight excluding hydrogens is 336 g/mol. The zero-order valence-corrected chi connectivity index (χ0v) is 15.2. The van der Waals surface area contributed by atoms with Gasteiger partial charge in [-0.05, 0) is 25.0 Å². The Balaban J connectivity index is 1.76. The minimum Gasteiger partial charge on any atom is -0.493 e. The van der Waals surface area contributed by atoms with Crippen molar-refractivity contribution in [3.8, 4) is 5.75 Å². The van der Waals surface area contributed by atoms with Crippen molar-refractivity contribution in [1.29, 1.82) is 0 Å². The van der Waals surface area contributed by atoms with Crippen molar-refractivity contribution in [2.45, 2.75) is 37.6 Å². The predicted molar refractivity (Wildman–Crippen MR) is 95.9 cm³/mol. The number of morpholine rings is 1. The van der Waals surface area contributed by atoms with Crippen molar-refractivity contribution in [3.05, 3.63) is 29.8 Å². The number of aliphatic hydroxyl groups is 1. The van der Waals surface area contributed by atoms with E-state index in [-0.39, 0.29) is 18.6 Å². The van der Waals surface area contributed by atoms with E-state index in [1.54, 1.807) is 7.11 Å². The second-order valence-electron chi connectivity index (χ2n) is 6.63. The molecule has 1 aliphatic carbocycles. The number of hydrogen-bond acceptors (Lipinski definition) is 6. The van der Waals surface area contributed by atoms with Crippen LogP contribution in [0.3, 0.4) is 0 Å². The lowest BCUT2D eigenvalue weighted by Gasteiger charge is -2.35. The Hall–Kier alpha value is -1.67. The van der Waals surface area contributed by atoms with Gasteiger partial charge in [0.05, 0.1) is 13.2 Å². The van der Waals surface area contributed by atoms with Gasteiger partial charge in [0.25, 0.3) is 5.91 Å². The molecule has 3 rings (SSSR count). The van der Waals surface area contributed by atoms with E-state index < -0.39 is 12.3 Å². The number of ether oxygens (including phenoxy) is 3. The van der Waals surface area contributed by atoms with Gasteiger partial charge in [-0.2, -0.15) is 0 Å². The summed E-state index contributed by atoms with van der Waals surface area (Å²) < 4.78 is 17.0. The van der Waals surface area contributed by atoms with Crippen LogP contribution >= 0.6 is 0 Å². The number of carbonyl (C=O) groups excluding carboxylic acids is 1. The van der Waals surface area contributed by atoms with Crippen LogP contribution in [0.5, 0.6) is 5.75 Å². The molecule has 7 heteroatoms. The zero-order valence-electron chi connectivity index (χ0n) is 15.2. The highest BCUT2D eigenvalue weighted by atomic mass is 16.5. The molecule has 2 aliphatic rings. The Kier molecular flexibility index (Phi) is 6.85. The van der Waals surface area contributed by atoms with Crippen LogP contribution in [0.25, 0.3) is 0 Å². The van der Waals surface area contributed by atoms with E-state index in [1.165, 1.54) is 0 Å². The van der Waals surface area contributed by atoms with Crippen molar-refractivity contribution < 1.29 is 24.1 Å². The first kappa shape index (κ1) is 19.1. The summed E-state index contributed by atoms with van der Waals surface area (Å²) in [6.45, 7) is 2.39. The lowest BCUT2D eigenvalue weighted by atomic mass is 10.1. The number of nitrogens with one attached hydrogen (secondary N) is 1. The summed E-state index contributed by atoms with van der Waals surface area (Å²) in [5.41, 5.74) is 0.873. The maximum absolute atomic E-state index is 13.1. The smallest absolute Gasteiger partial charge is 0.255 e. The van der Waals surface area contributed by atoms with E-state index >= 15 is 0 Å². The summed E-state index contributed by atoms with van der Waals surface area (Å²) in [5.74, 6) is 0.676. The molecular formula is C19H28N2O5. The first-order valence-corrected chi connectivity index (χ1v) is 9.25. The molecule has 1 heterocycles. The molecule has 144 valence electrons. The van der Waals surface area contributed by atoms with Crippen molar-refractivity contribution in [2.24, 2.45) is 0 Å². The number of benzene rings is 1. The highest BCUT2D eigenvalue weighted by molar-refractivity contribution is 5.82. The minimum absolute atomic E-state index is 0.0295. The molecule has 2 atom stereocenters. The topological polar surface area (TPSA) is 80.3 Å². The summed E-state index contributed by atoms with van der Waals surface area (Å²) in [5, 5.41) is 12.1. The lowest BCUT2D eigenvalue weighted by molar-refractivity contribution is -0.159. The third-order valence-electron chi connectivity index (χ3n) is 4.59. The first-order chi connectivity index (χ1) is 12.7. The largest absolute Gasteiger partial charge is 0.493 e. The highest BCUT2D eigenvalue weighted by Crippen LogP contribution is 2.36. The first-order valence-electron chi connectivity index (χ1n) is 9.25. The molecule has 0 radical (unpaired) electrons. The van der Waals surface area contributed by atoms with Gasteiger partial charge >= 0.3 is 0 Å². The highest BCUT2D eigenvalue weighted by Gasteiger charge is 2.41. The molecule has 1 saturated heterocycles. The Morgan fingerprint density at radius 3 is 2.96 bits per heavy atom. The van der Waals surface area contributed by atoms with Crippen LogP contribution in [0.15, 0.2) is 24.3 Å². The molecule has 0 spiro atoms. The van der Waals surface area contributed by atoms with Gasteiger partial charge < -0.3 is 29.5 Å². The summed E-state index contributed by atoms with van der Waals surface area (Å²) in [4.78, 5) is 14.9. The number of amides is 1. The van der Waals surface area contributed by atoms with Crippen LogP contribution in [0.2, 0.25) is 0 Å². The minimum atomic E-state index is -0.470. The van der Waals surface area contributed by atoms with Crippen LogP contribution < -0.4 is 10.1 Å². The van der Waals surface area contributed by atoms with Crippen molar-refractivity contribution >= 4 is 5.91 Å². The quantitative estimate of drug-likeness (QED) is 0.504. The number of carbonyl (C=O) groups is 1. The second kappa shape index (κ2) is 9.32. The van der Waals surface area contributed by atoms with E-state index in [1.807, 2.05) is 29.2 Å². The Bertz CT molecular complexity index is 587. The monoisotopic (exact) mass is 364 g/mol. The molecule has 1 unspecified atom stereocenters. The average molecular weight is 364 g/mol. The fourth-order valence-corrected chi connectivity index (χ4v) is 3.15. The van der Waals surface area contributed by atoms with Crippen LogP contribution in [0.4, 0.5) is 0 Å². The average Bonchev–Trinajstić information content (AvgIpc) is 3.51. The number of rotatable bonds is 9. The van der Waals surface area contributed by atoms with Gasteiger partial charge in [0.2, 0.25) is 0 Å². The summed E-state index contributed by atoms with van der Waals surface area (Å²) >= 11 is 0. The summed E-state index contributed by atoms with van der Waals surface area (Å²) in [6.07, 6.45) is 1.61. The Labute approximate surface area is 154 Å². The lowest BCUT2D eigenvalue weighted by Crippen LogP contribution is -2.51. The van der Waals surface area contributed by atoms with E-state index in [9.17, 15) is 4.79 Å². The molecule has 2 N–H and O–H groups in total. The van der Waals surface area contributed by atoms with Gasteiger partial charge in [-0.1, -0.05) is 12.1 Å². The van der Waals surface area contributed by atoms with Crippen LogP contribution in [0, 0.1) is 0 Å². The van der Waals surface area contributed by atoms with Gasteiger partial charge in [0, 0.05) is 44.8 Å². The second-order valence-corrected chi connectivity index (χ2v) is 6.63. The fourth-order valence-electron chi connectivity index (χ4n) is 3.15. The number of methoxy groups -OCH3 is 1. The van der Waals surface area contributed by atoms with E-state index in [4.69, 9.17) is 19.3 Å². The Morgan fingerprint density at radius 1 is 1.46 bits per heavy atom. The van der Waals surface area contributed by atoms with Crippen LogP contribution in [-0.2, 0) is 14.3 Å². The zero-order chi connectivity index (χ0) is 18.4. The molecule has 0 aromatic heterocycles.